The van der Waals surface area contributed by atoms with Crippen LogP contribution >= 0.6 is 0 Å². The number of rotatable bonds is 8. The molecular formula is C22H22N3O5S-. The number of aromatic nitrogens is 1. The van der Waals surface area contributed by atoms with E-state index in [-0.39, 0.29) is 0 Å². The maximum atomic E-state index is 12.7. The van der Waals surface area contributed by atoms with Crippen LogP contribution in [0.1, 0.15) is 5.56 Å². The number of nitrogens with zero attached hydrogens (tertiary/aromatic N) is 2. The van der Waals surface area contributed by atoms with E-state index in [1.807, 2.05) is 31.2 Å². The highest BCUT2D eigenvalue weighted by Crippen LogP contribution is 2.37. The van der Waals surface area contributed by atoms with E-state index in [0.29, 0.717) is 34.0 Å². The Kier molecular flexibility index (Phi) is 7.22. The zero-order valence-electron chi connectivity index (χ0n) is 17.3. The van der Waals surface area contributed by atoms with Gasteiger partial charge in [-0.05, 0) is 25.1 Å². The van der Waals surface area contributed by atoms with Crippen LogP contribution in [0.5, 0.6) is 11.5 Å². The number of para-hydroxylation sites is 1. The first kappa shape index (κ1) is 22.3. The number of hydrogen-bond acceptors (Lipinski definition) is 6. The number of ether oxygens (including phenoxy) is 2. The van der Waals surface area contributed by atoms with Crippen LogP contribution in [0.25, 0.3) is 11.1 Å². The van der Waals surface area contributed by atoms with Crippen LogP contribution in [0, 0.1) is 6.92 Å². The lowest BCUT2D eigenvalue weighted by atomic mass is 10.00. The molecule has 0 saturated heterocycles. The highest BCUT2D eigenvalue weighted by atomic mass is 32.2. The molecule has 0 spiro atoms. The van der Waals surface area contributed by atoms with E-state index >= 15 is 0 Å². The van der Waals surface area contributed by atoms with Crippen molar-refractivity contribution < 1.29 is 23.0 Å². The molecular weight excluding hydrogens is 418 g/mol. The smallest absolute Gasteiger partial charge is 0.245 e. The summed E-state index contributed by atoms with van der Waals surface area (Å²) in [4.78, 5) is 16.6. The Morgan fingerprint density at radius 3 is 2.55 bits per heavy atom. The molecule has 0 saturated carbocycles. The number of nitrogens with one attached hydrogen (secondary N) is 1. The molecule has 1 amide bonds. The van der Waals surface area contributed by atoms with E-state index < -0.39 is 23.7 Å². The Bertz CT molecular complexity index is 1110. The first-order valence-electron chi connectivity index (χ1n) is 9.33. The molecule has 0 aliphatic heterocycles. The molecule has 31 heavy (non-hydrogen) atoms. The number of methoxy groups -OCH3 is 2. The van der Waals surface area contributed by atoms with Crippen molar-refractivity contribution in [3.8, 4) is 22.6 Å². The first-order valence-corrected chi connectivity index (χ1v) is 10.4. The lowest BCUT2D eigenvalue weighted by Gasteiger charge is -2.28. The van der Waals surface area contributed by atoms with Crippen LogP contribution in [0.4, 0.5) is 11.4 Å². The van der Waals surface area contributed by atoms with Crippen molar-refractivity contribution in [1.82, 2.24) is 4.98 Å². The maximum Gasteiger partial charge on any atom is 0.245 e. The minimum absolute atomic E-state index is 0.348. The van der Waals surface area contributed by atoms with Crippen molar-refractivity contribution in [2.45, 2.75) is 6.92 Å². The van der Waals surface area contributed by atoms with Gasteiger partial charge in [0.25, 0.3) is 0 Å². The maximum absolute atomic E-state index is 12.7. The Morgan fingerprint density at radius 1 is 1.10 bits per heavy atom. The van der Waals surface area contributed by atoms with Gasteiger partial charge in [0.05, 0.1) is 26.1 Å². The van der Waals surface area contributed by atoms with Crippen LogP contribution in [0.3, 0.4) is 0 Å². The van der Waals surface area contributed by atoms with E-state index in [2.05, 4.69) is 10.3 Å². The zero-order chi connectivity index (χ0) is 22.4. The number of anilines is 2. The fourth-order valence-electron chi connectivity index (χ4n) is 3.14. The van der Waals surface area contributed by atoms with Gasteiger partial charge < -0.3 is 19.3 Å². The summed E-state index contributed by atoms with van der Waals surface area (Å²) in [5, 5.41) is 2.64. The van der Waals surface area contributed by atoms with Gasteiger partial charge in [-0.3, -0.25) is 18.3 Å². The summed E-state index contributed by atoms with van der Waals surface area (Å²) < 4.78 is 35.9. The molecule has 1 heterocycles. The predicted molar refractivity (Wildman–Crippen MR) is 119 cm³/mol. The highest BCUT2D eigenvalue weighted by molar-refractivity contribution is 7.80. The third-order valence-electron chi connectivity index (χ3n) is 4.56. The SMILES string of the molecule is COc1ccncc1NC(=O)CN(c1ccc(C)cc1-c1ccccc1OC)S(=O)[O-]. The van der Waals surface area contributed by atoms with Crippen molar-refractivity contribution in [3.63, 3.8) is 0 Å². The molecule has 2 aromatic carbocycles. The van der Waals surface area contributed by atoms with Crippen molar-refractivity contribution in [2.75, 3.05) is 30.4 Å². The number of aryl methyl sites for hydroxylation is 1. The monoisotopic (exact) mass is 440 g/mol. The molecule has 0 fully saturated rings. The minimum Gasteiger partial charge on any atom is -0.755 e. The van der Waals surface area contributed by atoms with Gasteiger partial charge in [0.2, 0.25) is 5.91 Å². The standard InChI is InChI=1S/C22H23N3O5S/c1-15-8-9-19(17(12-15)16-6-4-5-7-20(16)29-2)25(31(27)28)14-22(26)24-18-13-23-11-10-21(18)30-3/h4-13H,14H2,1-3H3,(H,24,26)(H,27,28)/p-1. The van der Waals surface area contributed by atoms with E-state index in [0.717, 1.165) is 9.87 Å². The zero-order valence-corrected chi connectivity index (χ0v) is 18.1. The van der Waals surface area contributed by atoms with E-state index in [9.17, 15) is 13.6 Å². The quantitative estimate of drug-likeness (QED) is 0.539. The van der Waals surface area contributed by atoms with E-state index in [1.54, 1.807) is 31.4 Å². The number of hydrogen-bond donors (Lipinski definition) is 1. The van der Waals surface area contributed by atoms with Crippen LogP contribution in [-0.2, 0) is 16.1 Å². The Morgan fingerprint density at radius 2 is 1.84 bits per heavy atom. The molecule has 1 atom stereocenters. The van der Waals surface area contributed by atoms with E-state index in [4.69, 9.17) is 9.47 Å². The summed E-state index contributed by atoms with van der Waals surface area (Å²) in [7, 11) is 3.02. The van der Waals surface area contributed by atoms with Gasteiger partial charge in [-0.15, -0.1) is 0 Å². The molecule has 9 heteroatoms. The van der Waals surface area contributed by atoms with Crippen molar-refractivity contribution in [2.24, 2.45) is 0 Å². The van der Waals surface area contributed by atoms with Crippen LogP contribution in [0.15, 0.2) is 60.9 Å². The number of benzene rings is 2. The molecule has 0 aliphatic rings. The summed E-state index contributed by atoms with van der Waals surface area (Å²) in [6.07, 6.45) is 2.96. The summed E-state index contributed by atoms with van der Waals surface area (Å²) in [5.74, 6) is 0.473. The molecule has 3 rings (SSSR count). The first-order chi connectivity index (χ1) is 14.9. The topological polar surface area (TPSA) is 104 Å². The number of carbonyl (C=O) groups excluding carboxylic acids is 1. The van der Waals surface area contributed by atoms with Crippen molar-refractivity contribution in [3.05, 3.63) is 66.5 Å². The third kappa shape index (κ3) is 5.19. The minimum atomic E-state index is -2.70. The lowest BCUT2D eigenvalue weighted by Crippen LogP contribution is -2.35. The fraction of sp³-hybridized carbons (Fsp3) is 0.182. The molecule has 8 nitrogen and oxygen atoms in total. The molecule has 3 aromatic rings. The van der Waals surface area contributed by atoms with Crippen molar-refractivity contribution >= 4 is 28.5 Å². The molecule has 0 bridgehead atoms. The van der Waals surface area contributed by atoms with Gasteiger partial charge >= 0.3 is 0 Å². The highest BCUT2D eigenvalue weighted by Gasteiger charge is 2.20. The van der Waals surface area contributed by atoms with Gasteiger partial charge in [-0.25, -0.2) is 0 Å². The second-order valence-corrected chi connectivity index (χ2v) is 7.47. The van der Waals surface area contributed by atoms with Gasteiger partial charge in [-0.1, -0.05) is 29.8 Å². The Hall–Kier alpha value is -3.43. The van der Waals surface area contributed by atoms with Crippen molar-refractivity contribution in [1.29, 1.82) is 0 Å². The van der Waals surface area contributed by atoms with Gasteiger partial charge in [0.15, 0.2) is 0 Å². The van der Waals surface area contributed by atoms with Gasteiger partial charge in [0, 0.05) is 34.7 Å². The summed E-state index contributed by atoms with van der Waals surface area (Å²) in [5.41, 5.74) is 2.99. The molecule has 1 N–H and O–H groups in total. The number of pyridine rings is 1. The Balaban J connectivity index is 1.97. The second-order valence-electron chi connectivity index (χ2n) is 6.60. The number of carbonyl (C=O) groups is 1. The molecule has 1 aromatic heterocycles. The summed E-state index contributed by atoms with van der Waals surface area (Å²) in [6.45, 7) is 1.47. The van der Waals surface area contributed by atoms with Crippen LogP contribution < -0.4 is 19.1 Å². The average Bonchev–Trinajstić information content (AvgIpc) is 2.77. The molecule has 1 unspecified atom stereocenters. The molecule has 0 aliphatic carbocycles. The van der Waals surface area contributed by atoms with Crippen LogP contribution in [0.2, 0.25) is 0 Å². The average molecular weight is 441 g/mol. The number of amides is 1. The van der Waals surface area contributed by atoms with Gasteiger partial charge in [0.1, 0.15) is 23.7 Å². The summed E-state index contributed by atoms with van der Waals surface area (Å²) in [6, 6.07) is 14.2. The van der Waals surface area contributed by atoms with Crippen LogP contribution in [-0.4, -0.2) is 40.4 Å². The molecule has 0 radical (unpaired) electrons. The second kappa shape index (κ2) is 10.1. The molecule has 162 valence electrons. The normalized spacial score (nSPS) is 11.5. The fourth-order valence-corrected chi connectivity index (χ4v) is 3.68. The van der Waals surface area contributed by atoms with E-state index in [1.165, 1.54) is 19.5 Å². The lowest BCUT2D eigenvalue weighted by molar-refractivity contribution is -0.114. The van der Waals surface area contributed by atoms with Gasteiger partial charge in [-0.2, -0.15) is 0 Å². The largest absolute Gasteiger partial charge is 0.755 e. The predicted octanol–water partition coefficient (Wildman–Crippen LogP) is 3.31. The third-order valence-corrected chi connectivity index (χ3v) is 5.25. The summed E-state index contributed by atoms with van der Waals surface area (Å²) >= 11 is -2.70. The Labute approximate surface area is 183 Å².